The first-order valence-corrected chi connectivity index (χ1v) is 10.8. The van der Waals surface area contributed by atoms with E-state index >= 15 is 0 Å². The van der Waals surface area contributed by atoms with E-state index in [1.54, 1.807) is 13.2 Å². The van der Waals surface area contributed by atoms with Crippen molar-refractivity contribution in [2.45, 2.75) is 43.9 Å². The highest BCUT2D eigenvalue weighted by molar-refractivity contribution is 5.92. The summed E-state index contributed by atoms with van der Waals surface area (Å²) >= 11 is 0. The van der Waals surface area contributed by atoms with Crippen molar-refractivity contribution >= 4 is 11.9 Å². The molecule has 6 rings (SSSR count). The van der Waals surface area contributed by atoms with Gasteiger partial charge in [0, 0.05) is 11.6 Å². The van der Waals surface area contributed by atoms with Gasteiger partial charge in [-0.3, -0.25) is 0 Å². The Morgan fingerprint density at radius 3 is 2.10 bits per heavy atom. The first-order chi connectivity index (χ1) is 14.9. The zero-order valence-electron chi connectivity index (χ0n) is 17.4. The normalized spacial score (nSPS) is 28.4. The van der Waals surface area contributed by atoms with Gasteiger partial charge in [-0.05, 0) is 92.0 Å². The van der Waals surface area contributed by atoms with Crippen molar-refractivity contribution in [3.8, 4) is 11.5 Å². The van der Waals surface area contributed by atoms with Gasteiger partial charge >= 0.3 is 11.9 Å². The van der Waals surface area contributed by atoms with Gasteiger partial charge in [-0.25, -0.2) is 14.0 Å². The van der Waals surface area contributed by atoms with Gasteiger partial charge in [0.05, 0.1) is 18.2 Å². The Bertz CT molecular complexity index is 1010. The summed E-state index contributed by atoms with van der Waals surface area (Å²) < 4.78 is 25.8. The summed E-state index contributed by atoms with van der Waals surface area (Å²) in [6, 6.07) is 8.41. The van der Waals surface area contributed by atoms with Crippen molar-refractivity contribution in [1.82, 2.24) is 0 Å². The predicted octanol–water partition coefficient (Wildman–Crippen LogP) is 5.22. The van der Waals surface area contributed by atoms with E-state index in [0.29, 0.717) is 23.5 Å². The number of carboxylic acid groups (broad SMARTS) is 1. The Morgan fingerprint density at radius 1 is 1.00 bits per heavy atom. The van der Waals surface area contributed by atoms with Crippen molar-refractivity contribution in [3.05, 3.63) is 58.9 Å². The number of rotatable bonds is 5. The number of carboxylic acids is 1. The third-order valence-corrected chi connectivity index (χ3v) is 7.43. The number of aromatic carboxylic acids is 1. The van der Waals surface area contributed by atoms with Crippen LogP contribution in [0.4, 0.5) is 4.39 Å². The Kier molecular flexibility index (Phi) is 4.76. The molecule has 0 amide bonds. The molecule has 0 saturated heterocycles. The van der Waals surface area contributed by atoms with Crippen LogP contribution in [0.25, 0.3) is 0 Å². The maximum absolute atomic E-state index is 14.9. The van der Waals surface area contributed by atoms with Crippen LogP contribution in [0.5, 0.6) is 11.5 Å². The van der Waals surface area contributed by atoms with Gasteiger partial charge in [0.15, 0.2) is 0 Å². The molecule has 4 fully saturated rings. The number of hydrogen-bond donors (Lipinski definition) is 1. The Hall–Kier alpha value is -2.89. The van der Waals surface area contributed by atoms with E-state index in [0.717, 1.165) is 24.8 Å². The molecule has 162 valence electrons. The number of hydrogen-bond acceptors (Lipinski definition) is 4. The van der Waals surface area contributed by atoms with Gasteiger partial charge in [0.2, 0.25) is 0 Å². The molecule has 2 aromatic rings. The monoisotopic (exact) mass is 424 g/mol. The van der Waals surface area contributed by atoms with Gasteiger partial charge in [-0.2, -0.15) is 0 Å². The zero-order valence-corrected chi connectivity index (χ0v) is 17.4. The second-order valence-corrected chi connectivity index (χ2v) is 9.45. The number of ether oxygens (including phenoxy) is 2. The lowest BCUT2D eigenvalue weighted by molar-refractivity contribution is -0.00622. The first-order valence-electron chi connectivity index (χ1n) is 10.8. The number of benzene rings is 2. The van der Waals surface area contributed by atoms with E-state index in [1.165, 1.54) is 49.6 Å². The van der Waals surface area contributed by atoms with Crippen LogP contribution in [0.3, 0.4) is 0 Å². The fourth-order valence-electron chi connectivity index (χ4n) is 6.56. The molecule has 6 heteroatoms. The lowest BCUT2D eigenvalue weighted by Gasteiger charge is -2.57. The van der Waals surface area contributed by atoms with Crippen LogP contribution in [0, 0.1) is 23.6 Å². The van der Waals surface area contributed by atoms with E-state index in [9.17, 15) is 14.0 Å². The highest BCUT2D eigenvalue weighted by Gasteiger charge is 2.52. The Morgan fingerprint density at radius 2 is 1.58 bits per heavy atom. The molecule has 1 N–H and O–H groups in total. The minimum atomic E-state index is -1.07. The van der Waals surface area contributed by atoms with Crippen LogP contribution in [-0.4, -0.2) is 24.2 Å². The summed E-state index contributed by atoms with van der Waals surface area (Å²) in [5, 5.41) is 9.00. The fourth-order valence-corrected chi connectivity index (χ4v) is 6.56. The molecular weight excluding hydrogens is 399 g/mol. The smallest absolute Gasteiger partial charge is 0.346 e. The maximum Gasteiger partial charge on any atom is 0.346 e. The Balaban J connectivity index is 1.47. The van der Waals surface area contributed by atoms with Crippen molar-refractivity contribution in [2.75, 3.05) is 7.11 Å². The molecule has 0 heterocycles. The topological polar surface area (TPSA) is 72.8 Å². The van der Waals surface area contributed by atoms with Crippen LogP contribution >= 0.6 is 0 Å². The molecule has 4 saturated carbocycles. The minimum absolute atomic E-state index is 0.0635. The van der Waals surface area contributed by atoms with Crippen LogP contribution in [-0.2, 0) is 5.41 Å². The van der Waals surface area contributed by atoms with E-state index in [4.69, 9.17) is 14.6 Å². The van der Waals surface area contributed by atoms with E-state index in [1.807, 2.05) is 0 Å². The molecule has 0 radical (unpaired) electrons. The van der Waals surface area contributed by atoms with Gasteiger partial charge in [-0.15, -0.1) is 0 Å². The average molecular weight is 424 g/mol. The number of esters is 1. The van der Waals surface area contributed by atoms with Crippen molar-refractivity contribution < 1.29 is 28.6 Å². The van der Waals surface area contributed by atoms with Gasteiger partial charge in [0.1, 0.15) is 17.3 Å². The Labute approximate surface area is 180 Å². The predicted molar refractivity (Wildman–Crippen MR) is 111 cm³/mol. The van der Waals surface area contributed by atoms with Crippen LogP contribution < -0.4 is 9.47 Å². The minimum Gasteiger partial charge on any atom is -0.496 e. The summed E-state index contributed by atoms with van der Waals surface area (Å²) in [5.74, 6) is 0.215. The molecule has 2 aromatic carbocycles. The van der Waals surface area contributed by atoms with Gasteiger partial charge in [-0.1, -0.05) is 0 Å². The lowest BCUT2D eigenvalue weighted by atomic mass is 9.48. The third-order valence-electron chi connectivity index (χ3n) is 7.43. The molecule has 4 aliphatic carbocycles. The molecule has 0 aliphatic heterocycles. The zero-order chi connectivity index (χ0) is 21.8. The van der Waals surface area contributed by atoms with Crippen molar-refractivity contribution in [1.29, 1.82) is 0 Å². The second-order valence-electron chi connectivity index (χ2n) is 9.45. The summed E-state index contributed by atoms with van der Waals surface area (Å²) in [4.78, 5) is 23.8. The lowest BCUT2D eigenvalue weighted by Crippen LogP contribution is -2.48. The molecule has 0 spiro atoms. The molecule has 5 nitrogen and oxygen atoms in total. The standard InChI is InChI=1S/C25H25FO5/c1-30-22-10-21(26)19(24(29)31-18-4-2-17(3-5-18)23(27)28)9-20(22)25-11-14-6-15(12-25)8-16(7-14)13-25/h2-5,9-10,14-16H,6-8,11-13H2,1H3,(H,27,28). The van der Waals surface area contributed by atoms with Crippen molar-refractivity contribution in [2.24, 2.45) is 17.8 Å². The highest BCUT2D eigenvalue weighted by Crippen LogP contribution is 2.62. The van der Waals surface area contributed by atoms with Crippen molar-refractivity contribution in [3.63, 3.8) is 0 Å². The fraction of sp³-hybridized carbons (Fsp3) is 0.440. The van der Waals surface area contributed by atoms with E-state index in [-0.39, 0.29) is 22.3 Å². The summed E-state index contributed by atoms with van der Waals surface area (Å²) in [6.45, 7) is 0. The summed E-state index contributed by atoms with van der Waals surface area (Å²) in [5.41, 5.74) is 0.823. The van der Waals surface area contributed by atoms with Crippen LogP contribution in [0.2, 0.25) is 0 Å². The first kappa shape index (κ1) is 20.0. The van der Waals surface area contributed by atoms with E-state index in [2.05, 4.69) is 0 Å². The van der Waals surface area contributed by atoms with Crippen LogP contribution in [0.1, 0.15) is 64.8 Å². The van der Waals surface area contributed by atoms with E-state index < -0.39 is 17.8 Å². The molecule has 4 bridgehead atoms. The molecule has 0 atom stereocenters. The maximum atomic E-state index is 14.9. The highest BCUT2D eigenvalue weighted by atomic mass is 19.1. The molecular formula is C25H25FO5. The SMILES string of the molecule is COc1cc(F)c(C(=O)Oc2ccc(C(=O)O)cc2)cc1C12CC3CC(CC(C3)C1)C2. The van der Waals surface area contributed by atoms with Crippen LogP contribution in [0.15, 0.2) is 36.4 Å². The second kappa shape index (κ2) is 7.36. The number of carbonyl (C=O) groups is 2. The molecule has 4 aliphatic rings. The number of halogens is 1. The third kappa shape index (κ3) is 3.48. The molecule has 0 aromatic heterocycles. The van der Waals surface area contributed by atoms with Gasteiger partial charge in [0.25, 0.3) is 0 Å². The largest absolute Gasteiger partial charge is 0.496 e. The van der Waals surface area contributed by atoms with Gasteiger partial charge < -0.3 is 14.6 Å². The summed E-state index contributed by atoms with van der Waals surface area (Å²) in [7, 11) is 1.54. The molecule has 31 heavy (non-hydrogen) atoms. The molecule has 0 unspecified atom stereocenters. The quantitative estimate of drug-likeness (QED) is 0.526. The average Bonchev–Trinajstić information content (AvgIpc) is 2.72. The number of methoxy groups -OCH3 is 1. The number of carbonyl (C=O) groups excluding carboxylic acids is 1. The summed E-state index contributed by atoms with van der Waals surface area (Å²) in [6.07, 6.45) is 7.03.